The van der Waals surface area contributed by atoms with Crippen molar-refractivity contribution in [3.05, 3.63) is 0 Å². The number of hydrogen-bond donors (Lipinski definition) is 5. The van der Waals surface area contributed by atoms with Gasteiger partial charge in [0, 0.05) is 6.54 Å². The summed E-state index contributed by atoms with van der Waals surface area (Å²) in [7, 11) is 0. The van der Waals surface area contributed by atoms with E-state index in [9.17, 15) is 24.0 Å². The number of nitrogens with two attached hydrogens (primary N) is 1. The van der Waals surface area contributed by atoms with E-state index in [0.717, 1.165) is 0 Å². The summed E-state index contributed by atoms with van der Waals surface area (Å²) in [4.78, 5) is 61.9. The van der Waals surface area contributed by atoms with E-state index in [4.69, 9.17) is 15.9 Å². The Morgan fingerprint density at radius 3 is 2.31 bits per heavy atom. The first-order valence-electron chi connectivity index (χ1n) is 10.6. The second kappa shape index (κ2) is 13.3. The Morgan fingerprint density at radius 1 is 1.12 bits per heavy atom. The quantitative estimate of drug-likeness (QED) is 0.238. The van der Waals surface area contributed by atoms with Crippen molar-refractivity contribution < 1.29 is 34.2 Å². The molecule has 1 aliphatic rings. The van der Waals surface area contributed by atoms with Crippen molar-refractivity contribution in [2.75, 3.05) is 18.6 Å². The molecule has 32 heavy (non-hydrogen) atoms. The Bertz CT molecular complexity index is 703. The average molecular weight is 475 g/mol. The molecule has 182 valence electrons. The van der Waals surface area contributed by atoms with E-state index in [2.05, 4.69) is 10.6 Å². The van der Waals surface area contributed by atoms with Crippen molar-refractivity contribution in [3.8, 4) is 0 Å². The van der Waals surface area contributed by atoms with Crippen molar-refractivity contribution in [3.63, 3.8) is 0 Å². The number of nitrogens with one attached hydrogen (secondary N) is 2. The number of nitrogens with zero attached hydrogens (tertiary/aromatic N) is 1. The fraction of sp³-hybridized carbons (Fsp3) is 0.750. The molecule has 1 heterocycles. The summed E-state index contributed by atoms with van der Waals surface area (Å²) in [5.41, 5.74) is 5.94. The van der Waals surface area contributed by atoms with Crippen LogP contribution in [0.3, 0.4) is 0 Å². The molecule has 0 aromatic carbocycles. The second-order valence-corrected chi connectivity index (χ2v) is 9.25. The number of carboxylic acid groups (broad SMARTS) is 2. The Morgan fingerprint density at radius 2 is 1.78 bits per heavy atom. The number of carbonyl (C=O) groups is 5. The number of thioether (sulfide) groups is 1. The first-order chi connectivity index (χ1) is 15.0. The maximum Gasteiger partial charge on any atom is 0.326 e. The van der Waals surface area contributed by atoms with Crippen LogP contribution in [0.1, 0.15) is 46.0 Å². The van der Waals surface area contributed by atoms with Gasteiger partial charge in [-0.3, -0.25) is 19.2 Å². The Kier molecular flexibility index (Phi) is 11.5. The van der Waals surface area contributed by atoms with Gasteiger partial charge in [-0.25, -0.2) is 4.79 Å². The molecule has 0 spiro atoms. The number of aliphatic carboxylic acids is 2. The smallest absolute Gasteiger partial charge is 0.326 e. The molecule has 12 heteroatoms. The fourth-order valence-corrected chi connectivity index (χ4v) is 4.00. The molecule has 0 radical (unpaired) electrons. The van der Waals surface area contributed by atoms with Gasteiger partial charge < -0.3 is 31.5 Å². The lowest BCUT2D eigenvalue weighted by molar-refractivity contribution is -0.148. The molecule has 0 aromatic rings. The Labute approximate surface area is 191 Å². The average Bonchev–Trinajstić information content (AvgIpc) is 3.18. The Balaban J connectivity index is 2.93. The van der Waals surface area contributed by atoms with E-state index >= 15 is 0 Å². The minimum Gasteiger partial charge on any atom is -0.481 e. The molecule has 4 atom stereocenters. The van der Waals surface area contributed by atoms with E-state index in [0.29, 0.717) is 31.4 Å². The summed E-state index contributed by atoms with van der Waals surface area (Å²) in [6.45, 7) is 4.15. The molecule has 11 nitrogen and oxygen atoms in total. The number of carboxylic acids is 2. The van der Waals surface area contributed by atoms with Crippen LogP contribution < -0.4 is 16.4 Å². The number of carbonyl (C=O) groups excluding carboxylic acids is 3. The monoisotopic (exact) mass is 474 g/mol. The van der Waals surface area contributed by atoms with Crippen LogP contribution in [0.2, 0.25) is 0 Å². The van der Waals surface area contributed by atoms with Gasteiger partial charge in [0.25, 0.3) is 0 Å². The van der Waals surface area contributed by atoms with Gasteiger partial charge in [0.2, 0.25) is 17.7 Å². The highest BCUT2D eigenvalue weighted by Crippen LogP contribution is 2.20. The van der Waals surface area contributed by atoms with Crippen LogP contribution in [0.4, 0.5) is 0 Å². The largest absolute Gasteiger partial charge is 0.481 e. The summed E-state index contributed by atoms with van der Waals surface area (Å²) in [5.74, 6) is -3.64. The second-order valence-electron chi connectivity index (χ2n) is 8.27. The number of rotatable bonds is 13. The normalized spacial score (nSPS) is 18.7. The van der Waals surface area contributed by atoms with Crippen LogP contribution in [0, 0.1) is 5.92 Å². The van der Waals surface area contributed by atoms with Crippen LogP contribution in [0.5, 0.6) is 0 Å². The highest BCUT2D eigenvalue weighted by atomic mass is 32.2. The van der Waals surface area contributed by atoms with Crippen molar-refractivity contribution in [1.29, 1.82) is 0 Å². The van der Waals surface area contributed by atoms with Gasteiger partial charge in [-0.2, -0.15) is 11.8 Å². The lowest BCUT2D eigenvalue weighted by atomic mass is 10.0. The Hall–Kier alpha value is -2.34. The summed E-state index contributed by atoms with van der Waals surface area (Å²) in [5, 5.41) is 22.9. The summed E-state index contributed by atoms with van der Waals surface area (Å²) in [6, 6.07) is -4.16. The molecule has 1 aliphatic heterocycles. The van der Waals surface area contributed by atoms with E-state index in [1.807, 2.05) is 20.1 Å². The molecular formula is C20H34N4O7S. The summed E-state index contributed by atoms with van der Waals surface area (Å²) >= 11 is 1.51. The van der Waals surface area contributed by atoms with Crippen LogP contribution in [-0.4, -0.2) is 87.5 Å². The zero-order valence-corrected chi connectivity index (χ0v) is 19.5. The minimum absolute atomic E-state index is 0.204. The van der Waals surface area contributed by atoms with Crippen LogP contribution in [0.25, 0.3) is 0 Å². The van der Waals surface area contributed by atoms with E-state index in [-0.39, 0.29) is 12.5 Å². The third kappa shape index (κ3) is 8.65. The first-order valence-corrected chi connectivity index (χ1v) is 12.0. The zero-order valence-electron chi connectivity index (χ0n) is 18.7. The third-order valence-electron chi connectivity index (χ3n) is 5.12. The van der Waals surface area contributed by atoms with Gasteiger partial charge in [-0.05, 0) is 43.6 Å². The van der Waals surface area contributed by atoms with Crippen molar-refractivity contribution in [2.45, 2.75) is 70.1 Å². The fourth-order valence-electron chi connectivity index (χ4n) is 3.53. The molecule has 4 unspecified atom stereocenters. The van der Waals surface area contributed by atoms with E-state index in [1.165, 1.54) is 16.7 Å². The third-order valence-corrected chi connectivity index (χ3v) is 5.76. The molecule has 0 bridgehead atoms. The van der Waals surface area contributed by atoms with Gasteiger partial charge in [0.1, 0.15) is 18.1 Å². The molecule has 0 saturated carbocycles. The maximum absolute atomic E-state index is 13.2. The van der Waals surface area contributed by atoms with Gasteiger partial charge in [-0.1, -0.05) is 13.8 Å². The lowest BCUT2D eigenvalue weighted by Crippen LogP contribution is -2.57. The number of likely N-dealkylation sites (tertiary alicyclic amines) is 1. The van der Waals surface area contributed by atoms with Crippen molar-refractivity contribution in [1.82, 2.24) is 15.5 Å². The van der Waals surface area contributed by atoms with Crippen molar-refractivity contribution in [2.24, 2.45) is 11.7 Å². The topological polar surface area (TPSA) is 179 Å². The van der Waals surface area contributed by atoms with Gasteiger partial charge >= 0.3 is 11.9 Å². The lowest BCUT2D eigenvalue weighted by Gasteiger charge is -2.30. The van der Waals surface area contributed by atoms with Crippen LogP contribution in [0.15, 0.2) is 0 Å². The highest BCUT2D eigenvalue weighted by Gasteiger charge is 2.39. The first kappa shape index (κ1) is 27.7. The predicted octanol–water partition coefficient (Wildman–Crippen LogP) is -0.367. The van der Waals surface area contributed by atoms with Crippen LogP contribution in [-0.2, 0) is 24.0 Å². The van der Waals surface area contributed by atoms with E-state index in [1.54, 1.807) is 0 Å². The molecule has 0 aromatic heterocycles. The van der Waals surface area contributed by atoms with Gasteiger partial charge in [0.15, 0.2) is 0 Å². The summed E-state index contributed by atoms with van der Waals surface area (Å²) < 4.78 is 0. The molecule has 1 rings (SSSR count). The highest BCUT2D eigenvalue weighted by molar-refractivity contribution is 7.98. The number of hydrogen-bond acceptors (Lipinski definition) is 7. The maximum atomic E-state index is 13.2. The minimum atomic E-state index is -1.60. The molecule has 1 saturated heterocycles. The van der Waals surface area contributed by atoms with Crippen molar-refractivity contribution >= 4 is 41.4 Å². The zero-order chi connectivity index (χ0) is 24.4. The molecule has 6 N–H and O–H groups in total. The molecule has 3 amide bonds. The van der Waals surface area contributed by atoms with Crippen LogP contribution >= 0.6 is 11.8 Å². The SMILES string of the molecule is CSCCC(NC(=O)C(N)CC(C)C)C(=O)N1CCCC1C(=O)NC(CC(=O)O)C(=O)O. The van der Waals surface area contributed by atoms with E-state index < -0.39 is 60.2 Å². The molecule has 0 aliphatic carbocycles. The molecular weight excluding hydrogens is 440 g/mol. The van der Waals surface area contributed by atoms with Gasteiger partial charge in [0.05, 0.1) is 12.5 Å². The standard InChI is InChI=1S/C20H34N4O7S/c1-11(2)9-12(21)17(27)22-13(6-8-32-3)19(29)24-7-4-5-15(24)18(28)23-14(20(30)31)10-16(25)26/h11-15H,4-10,21H2,1-3H3,(H,22,27)(H,23,28)(H,25,26)(H,30,31). The predicted molar refractivity (Wildman–Crippen MR) is 119 cm³/mol. The number of amides is 3. The summed E-state index contributed by atoms with van der Waals surface area (Å²) in [6.07, 6.45) is 2.74. The molecule has 1 fully saturated rings. The van der Waals surface area contributed by atoms with Gasteiger partial charge in [-0.15, -0.1) is 0 Å².